The lowest BCUT2D eigenvalue weighted by Crippen LogP contribution is -2.11. The highest BCUT2D eigenvalue weighted by Gasteiger charge is 2.25. The van der Waals surface area contributed by atoms with Gasteiger partial charge in [-0.3, -0.25) is 10.1 Å². The number of hydrogen-bond donors (Lipinski definition) is 1. The van der Waals surface area contributed by atoms with Crippen LogP contribution in [0.4, 0.5) is 11.5 Å². The smallest absolute Gasteiger partial charge is 0.333 e. The summed E-state index contributed by atoms with van der Waals surface area (Å²) in [6.45, 7) is 7.77. The zero-order valence-corrected chi connectivity index (χ0v) is 13.0. The molecule has 108 valence electrons. The monoisotopic (exact) mass is 294 g/mol. The van der Waals surface area contributed by atoms with Gasteiger partial charge >= 0.3 is 5.69 Å². The Labute approximate surface area is 121 Å². The average Bonchev–Trinajstić information content (AvgIpc) is 2.79. The molecule has 20 heavy (non-hydrogen) atoms. The number of nitrogens with one attached hydrogen (secondary N) is 1. The summed E-state index contributed by atoms with van der Waals surface area (Å²) in [5, 5.41) is 18.5. The first kappa shape index (κ1) is 14.5. The second kappa shape index (κ2) is 5.24. The van der Waals surface area contributed by atoms with Crippen LogP contribution in [-0.4, -0.2) is 14.7 Å². The van der Waals surface area contributed by atoms with Gasteiger partial charge in [-0.15, -0.1) is 11.3 Å². The molecule has 1 N–H and O–H groups in total. The summed E-state index contributed by atoms with van der Waals surface area (Å²) in [4.78, 5) is 13.2. The Hall–Kier alpha value is -1.89. The minimum absolute atomic E-state index is 0.00606. The second-order valence-electron chi connectivity index (χ2n) is 4.90. The molecule has 0 aromatic carbocycles. The Kier molecular flexibility index (Phi) is 3.80. The maximum atomic E-state index is 11.2. The highest BCUT2D eigenvalue weighted by Crippen LogP contribution is 2.33. The lowest BCUT2D eigenvalue weighted by atomic mass is 10.1. The molecule has 0 fully saturated rings. The normalized spacial score (nSPS) is 12.4. The lowest BCUT2D eigenvalue weighted by Gasteiger charge is -2.14. The Morgan fingerprint density at radius 3 is 2.60 bits per heavy atom. The molecule has 1 atom stereocenters. The molecule has 2 heterocycles. The first-order chi connectivity index (χ1) is 9.31. The number of aromatic nitrogens is 2. The minimum Gasteiger partial charge on any atom is -0.358 e. The zero-order chi connectivity index (χ0) is 15.0. The number of hydrogen-bond acceptors (Lipinski definition) is 5. The van der Waals surface area contributed by atoms with Crippen LogP contribution in [0.3, 0.4) is 0 Å². The van der Waals surface area contributed by atoms with E-state index >= 15 is 0 Å². The predicted octanol–water partition coefficient (Wildman–Crippen LogP) is 3.49. The Morgan fingerprint density at radius 2 is 2.10 bits per heavy atom. The quantitative estimate of drug-likeness (QED) is 0.692. The minimum atomic E-state index is -0.386. The van der Waals surface area contributed by atoms with Crippen molar-refractivity contribution in [1.82, 2.24) is 9.78 Å². The van der Waals surface area contributed by atoms with Crippen LogP contribution in [-0.2, 0) is 7.05 Å². The molecule has 6 nitrogen and oxygen atoms in total. The molecule has 2 rings (SSSR count). The van der Waals surface area contributed by atoms with E-state index in [1.807, 2.05) is 6.92 Å². The molecule has 0 aliphatic heterocycles. The van der Waals surface area contributed by atoms with E-state index in [-0.39, 0.29) is 16.7 Å². The van der Waals surface area contributed by atoms with Crippen LogP contribution >= 0.6 is 11.3 Å². The van der Waals surface area contributed by atoms with Crippen molar-refractivity contribution in [1.29, 1.82) is 0 Å². The molecular formula is C13H18N4O2S. The van der Waals surface area contributed by atoms with E-state index in [9.17, 15) is 10.1 Å². The first-order valence-corrected chi connectivity index (χ1v) is 7.14. The van der Waals surface area contributed by atoms with E-state index in [0.717, 1.165) is 0 Å². The van der Waals surface area contributed by atoms with Gasteiger partial charge in [0.15, 0.2) is 0 Å². The Bertz CT molecular complexity index is 660. The molecule has 0 aliphatic carbocycles. The maximum absolute atomic E-state index is 11.2. The van der Waals surface area contributed by atoms with Gasteiger partial charge in [-0.05, 0) is 39.3 Å². The lowest BCUT2D eigenvalue weighted by molar-refractivity contribution is -0.384. The molecule has 0 saturated carbocycles. The summed E-state index contributed by atoms with van der Waals surface area (Å²) in [6.07, 6.45) is 0. The molecule has 0 radical (unpaired) electrons. The van der Waals surface area contributed by atoms with E-state index in [2.05, 4.69) is 30.3 Å². The van der Waals surface area contributed by atoms with Gasteiger partial charge in [0.2, 0.25) is 5.82 Å². The van der Waals surface area contributed by atoms with Gasteiger partial charge in [0.1, 0.15) is 5.69 Å². The second-order valence-corrected chi connectivity index (χ2v) is 6.36. The van der Waals surface area contributed by atoms with Gasteiger partial charge in [0.05, 0.1) is 11.0 Å². The zero-order valence-electron chi connectivity index (χ0n) is 12.2. The molecule has 2 aromatic rings. The van der Waals surface area contributed by atoms with E-state index in [0.29, 0.717) is 11.5 Å². The number of nitrogens with zero attached hydrogens (tertiary/aromatic N) is 3. The molecule has 1 unspecified atom stereocenters. The van der Waals surface area contributed by atoms with Crippen LogP contribution in [0.5, 0.6) is 0 Å². The van der Waals surface area contributed by atoms with Crippen LogP contribution in [0, 0.1) is 30.9 Å². The topological polar surface area (TPSA) is 73.0 Å². The number of thiophene rings is 1. The van der Waals surface area contributed by atoms with Crippen molar-refractivity contribution in [2.45, 2.75) is 33.7 Å². The molecule has 0 amide bonds. The van der Waals surface area contributed by atoms with Crippen LogP contribution in [0.25, 0.3) is 0 Å². The standard InChI is InChI=1S/C13H18N4O2S/c1-7-6-11(10(4)20-7)8(2)14-13-12(17(18)19)9(3)15-16(13)5/h6,8,14H,1-5H3. The fourth-order valence-corrected chi connectivity index (χ4v) is 3.41. The van der Waals surface area contributed by atoms with E-state index in [1.54, 1.807) is 25.3 Å². The summed E-state index contributed by atoms with van der Waals surface area (Å²) < 4.78 is 1.53. The highest BCUT2D eigenvalue weighted by atomic mass is 32.1. The van der Waals surface area contributed by atoms with Crippen molar-refractivity contribution in [3.63, 3.8) is 0 Å². The number of aryl methyl sites for hydroxylation is 4. The van der Waals surface area contributed by atoms with E-state index in [4.69, 9.17) is 0 Å². The summed E-state index contributed by atoms with van der Waals surface area (Å²) in [7, 11) is 1.71. The van der Waals surface area contributed by atoms with Gasteiger partial charge in [-0.25, -0.2) is 4.68 Å². The van der Waals surface area contributed by atoms with Crippen molar-refractivity contribution >= 4 is 22.8 Å². The summed E-state index contributed by atoms with van der Waals surface area (Å²) >= 11 is 1.73. The molecule has 2 aromatic heterocycles. The average molecular weight is 294 g/mol. The largest absolute Gasteiger partial charge is 0.358 e. The fraction of sp³-hybridized carbons (Fsp3) is 0.462. The van der Waals surface area contributed by atoms with E-state index < -0.39 is 0 Å². The van der Waals surface area contributed by atoms with Gasteiger partial charge in [-0.1, -0.05) is 0 Å². The Morgan fingerprint density at radius 1 is 1.45 bits per heavy atom. The fourth-order valence-electron chi connectivity index (χ4n) is 2.39. The van der Waals surface area contributed by atoms with Crippen LogP contribution < -0.4 is 5.32 Å². The summed E-state index contributed by atoms with van der Waals surface area (Å²) in [5.41, 5.74) is 1.63. The van der Waals surface area contributed by atoms with Crippen molar-refractivity contribution in [3.05, 3.63) is 37.2 Å². The van der Waals surface area contributed by atoms with Crippen LogP contribution in [0.1, 0.15) is 34.0 Å². The molecule has 0 spiro atoms. The third-order valence-electron chi connectivity index (χ3n) is 3.27. The van der Waals surface area contributed by atoms with Crippen molar-refractivity contribution < 1.29 is 4.92 Å². The molecule has 0 bridgehead atoms. The number of rotatable bonds is 4. The highest BCUT2D eigenvalue weighted by molar-refractivity contribution is 7.12. The van der Waals surface area contributed by atoms with Gasteiger partial charge in [0.25, 0.3) is 0 Å². The number of nitro groups is 1. The predicted molar refractivity (Wildman–Crippen MR) is 80.4 cm³/mol. The van der Waals surface area contributed by atoms with Crippen LogP contribution in [0.2, 0.25) is 0 Å². The van der Waals surface area contributed by atoms with Crippen molar-refractivity contribution in [2.24, 2.45) is 7.05 Å². The molecule has 7 heteroatoms. The SMILES string of the molecule is Cc1cc(C(C)Nc2c([N+](=O)[O-])c(C)nn2C)c(C)s1. The summed E-state index contributed by atoms with van der Waals surface area (Å²) in [5.74, 6) is 0.447. The molecular weight excluding hydrogens is 276 g/mol. The molecule has 0 aliphatic rings. The van der Waals surface area contributed by atoms with Gasteiger partial charge < -0.3 is 5.32 Å². The van der Waals surface area contributed by atoms with Crippen molar-refractivity contribution in [2.75, 3.05) is 5.32 Å². The van der Waals surface area contributed by atoms with E-state index in [1.165, 1.54) is 20.0 Å². The molecule has 0 saturated heterocycles. The van der Waals surface area contributed by atoms with Gasteiger partial charge in [0, 0.05) is 16.8 Å². The third kappa shape index (κ3) is 2.53. The maximum Gasteiger partial charge on any atom is 0.333 e. The number of anilines is 1. The first-order valence-electron chi connectivity index (χ1n) is 6.32. The van der Waals surface area contributed by atoms with Crippen LogP contribution in [0.15, 0.2) is 6.07 Å². The third-order valence-corrected chi connectivity index (χ3v) is 4.25. The Balaban J connectivity index is 2.35. The summed E-state index contributed by atoms with van der Waals surface area (Å²) in [6, 6.07) is 2.11. The van der Waals surface area contributed by atoms with Crippen molar-refractivity contribution in [3.8, 4) is 0 Å². The van der Waals surface area contributed by atoms with Gasteiger partial charge in [-0.2, -0.15) is 5.10 Å².